The molecule has 0 bridgehead atoms. The monoisotopic (exact) mass is 250 g/mol. The van der Waals surface area contributed by atoms with Gasteiger partial charge in [0.05, 0.1) is 6.61 Å². The molecule has 0 aliphatic heterocycles. The first-order valence-electron chi connectivity index (χ1n) is 6.59. The molecule has 0 spiro atoms. The molecule has 0 aliphatic rings. The molecule has 1 rings (SSSR count). The second-order valence-electron chi connectivity index (χ2n) is 5.25. The average Bonchev–Trinajstić information content (AvgIpc) is 2.31. The lowest BCUT2D eigenvalue weighted by atomic mass is 10.1. The van der Waals surface area contributed by atoms with Crippen molar-refractivity contribution in [3.63, 3.8) is 0 Å². The van der Waals surface area contributed by atoms with Crippen LogP contribution in [0.1, 0.15) is 25.0 Å². The molecule has 0 saturated heterocycles. The SMILES string of the molecule is COCCN(Cc1cccc(N)c1C)CC(C)C. The van der Waals surface area contributed by atoms with Crippen molar-refractivity contribution in [3.05, 3.63) is 29.3 Å². The minimum atomic E-state index is 0.656. The largest absolute Gasteiger partial charge is 0.399 e. The van der Waals surface area contributed by atoms with Gasteiger partial charge in [-0.3, -0.25) is 4.90 Å². The Bertz CT molecular complexity index is 364. The first-order chi connectivity index (χ1) is 8.54. The van der Waals surface area contributed by atoms with E-state index >= 15 is 0 Å². The third-order valence-electron chi connectivity index (χ3n) is 3.12. The fourth-order valence-corrected chi connectivity index (χ4v) is 2.09. The molecule has 0 radical (unpaired) electrons. The van der Waals surface area contributed by atoms with Gasteiger partial charge in [-0.2, -0.15) is 0 Å². The Morgan fingerprint density at radius 3 is 2.67 bits per heavy atom. The molecular weight excluding hydrogens is 224 g/mol. The molecule has 3 nitrogen and oxygen atoms in total. The second kappa shape index (κ2) is 7.39. The summed E-state index contributed by atoms with van der Waals surface area (Å²) in [5, 5.41) is 0. The molecule has 0 aromatic heterocycles. The van der Waals surface area contributed by atoms with Crippen molar-refractivity contribution in [3.8, 4) is 0 Å². The molecule has 3 heteroatoms. The zero-order valence-electron chi connectivity index (χ0n) is 12.1. The predicted octanol–water partition coefficient (Wildman–Crippen LogP) is 2.68. The van der Waals surface area contributed by atoms with Crippen molar-refractivity contribution in [2.45, 2.75) is 27.3 Å². The van der Waals surface area contributed by atoms with E-state index in [-0.39, 0.29) is 0 Å². The number of anilines is 1. The Morgan fingerprint density at radius 1 is 1.33 bits per heavy atom. The number of benzene rings is 1. The molecule has 1 aromatic carbocycles. The third-order valence-corrected chi connectivity index (χ3v) is 3.12. The van der Waals surface area contributed by atoms with Crippen LogP contribution in [0.4, 0.5) is 5.69 Å². The van der Waals surface area contributed by atoms with Crippen molar-refractivity contribution >= 4 is 5.69 Å². The van der Waals surface area contributed by atoms with Crippen LogP contribution < -0.4 is 5.73 Å². The van der Waals surface area contributed by atoms with Crippen LogP contribution in [0, 0.1) is 12.8 Å². The predicted molar refractivity (Wildman–Crippen MR) is 77.6 cm³/mol. The molecule has 0 saturated carbocycles. The van der Waals surface area contributed by atoms with Crippen LogP contribution >= 0.6 is 0 Å². The van der Waals surface area contributed by atoms with Gasteiger partial charge in [-0.1, -0.05) is 26.0 Å². The summed E-state index contributed by atoms with van der Waals surface area (Å²) in [5.41, 5.74) is 9.34. The first-order valence-corrected chi connectivity index (χ1v) is 6.59. The highest BCUT2D eigenvalue weighted by atomic mass is 16.5. The summed E-state index contributed by atoms with van der Waals surface area (Å²) in [6.07, 6.45) is 0. The summed E-state index contributed by atoms with van der Waals surface area (Å²) in [6, 6.07) is 6.15. The highest BCUT2D eigenvalue weighted by Gasteiger charge is 2.10. The molecule has 0 atom stereocenters. The van der Waals surface area contributed by atoms with Crippen LogP contribution in [0.3, 0.4) is 0 Å². The Balaban J connectivity index is 2.72. The van der Waals surface area contributed by atoms with Crippen LogP contribution in [0.15, 0.2) is 18.2 Å². The van der Waals surface area contributed by atoms with Crippen molar-refractivity contribution in [2.75, 3.05) is 32.5 Å². The number of rotatable bonds is 7. The summed E-state index contributed by atoms with van der Waals surface area (Å²) in [5.74, 6) is 0.656. The number of nitrogens with two attached hydrogens (primary N) is 1. The summed E-state index contributed by atoms with van der Waals surface area (Å²) in [7, 11) is 1.75. The maximum atomic E-state index is 5.95. The smallest absolute Gasteiger partial charge is 0.0589 e. The van der Waals surface area contributed by atoms with E-state index in [0.717, 1.165) is 31.9 Å². The summed E-state index contributed by atoms with van der Waals surface area (Å²) < 4.78 is 5.18. The molecule has 0 fully saturated rings. The molecule has 2 N–H and O–H groups in total. The quantitative estimate of drug-likeness (QED) is 0.756. The van der Waals surface area contributed by atoms with E-state index in [0.29, 0.717) is 5.92 Å². The molecular formula is C15H26N2O. The van der Waals surface area contributed by atoms with E-state index in [2.05, 4.69) is 31.7 Å². The van der Waals surface area contributed by atoms with Crippen LogP contribution in [-0.2, 0) is 11.3 Å². The van der Waals surface area contributed by atoms with Crippen LogP contribution in [-0.4, -0.2) is 31.7 Å². The minimum absolute atomic E-state index is 0.656. The molecule has 1 aromatic rings. The van der Waals surface area contributed by atoms with E-state index in [1.54, 1.807) is 7.11 Å². The Hall–Kier alpha value is -1.06. The van der Waals surface area contributed by atoms with Gasteiger partial charge in [0.25, 0.3) is 0 Å². The van der Waals surface area contributed by atoms with Gasteiger partial charge in [0.2, 0.25) is 0 Å². The van der Waals surface area contributed by atoms with Crippen LogP contribution in [0.2, 0.25) is 0 Å². The van der Waals surface area contributed by atoms with Crippen molar-refractivity contribution in [1.29, 1.82) is 0 Å². The zero-order valence-corrected chi connectivity index (χ0v) is 12.1. The maximum Gasteiger partial charge on any atom is 0.0589 e. The van der Waals surface area contributed by atoms with Gasteiger partial charge in [0.15, 0.2) is 0 Å². The molecule has 0 heterocycles. The van der Waals surface area contributed by atoms with Crippen LogP contribution in [0.25, 0.3) is 0 Å². The lowest BCUT2D eigenvalue weighted by Gasteiger charge is -2.25. The number of ether oxygens (including phenoxy) is 1. The van der Waals surface area contributed by atoms with Crippen molar-refractivity contribution in [2.24, 2.45) is 5.92 Å². The fraction of sp³-hybridized carbons (Fsp3) is 0.600. The summed E-state index contributed by atoms with van der Waals surface area (Å²) in [4.78, 5) is 2.43. The summed E-state index contributed by atoms with van der Waals surface area (Å²) >= 11 is 0. The molecule has 18 heavy (non-hydrogen) atoms. The van der Waals surface area contributed by atoms with E-state index < -0.39 is 0 Å². The van der Waals surface area contributed by atoms with Gasteiger partial charge in [-0.05, 0) is 30.0 Å². The first kappa shape index (κ1) is 15.0. The van der Waals surface area contributed by atoms with E-state index in [9.17, 15) is 0 Å². The average molecular weight is 250 g/mol. The Morgan fingerprint density at radius 2 is 2.06 bits per heavy atom. The molecule has 0 unspecified atom stereocenters. The number of nitrogen functional groups attached to an aromatic ring is 1. The van der Waals surface area contributed by atoms with Crippen LogP contribution in [0.5, 0.6) is 0 Å². The van der Waals surface area contributed by atoms with Gasteiger partial charge in [0.1, 0.15) is 0 Å². The normalized spacial score (nSPS) is 11.4. The number of nitrogens with zero attached hydrogens (tertiary/aromatic N) is 1. The van der Waals surface area contributed by atoms with Gasteiger partial charge in [-0.15, -0.1) is 0 Å². The van der Waals surface area contributed by atoms with E-state index in [1.165, 1.54) is 11.1 Å². The standard InChI is InChI=1S/C15H26N2O/c1-12(2)10-17(8-9-18-4)11-14-6-5-7-15(16)13(14)3/h5-7,12H,8-11,16H2,1-4H3. The highest BCUT2D eigenvalue weighted by Crippen LogP contribution is 2.17. The maximum absolute atomic E-state index is 5.95. The van der Waals surface area contributed by atoms with Crippen molar-refractivity contribution in [1.82, 2.24) is 4.90 Å². The minimum Gasteiger partial charge on any atom is -0.399 e. The van der Waals surface area contributed by atoms with Gasteiger partial charge >= 0.3 is 0 Å². The van der Waals surface area contributed by atoms with E-state index in [1.807, 2.05) is 12.1 Å². The van der Waals surface area contributed by atoms with Gasteiger partial charge in [0, 0.05) is 32.4 Å². The van der Waals surface area contributed by atoms with E-state index in [4.69, 9.17) is 10.5 Å². The lowest BCUT2D eigenvalue weighted by molar-refractivity contribution is 0.136. The molecule has 102 valence electrons. The lowest BCUT2D eigenvalue weighted by Crippen LogP contribution is -2.30. The fourth-order valence-electron chi connectivity index (χ4n) is 2.09. The second-order valence-corrected chi connectivity index (χ2v) is 5.25. The van der Waals surface area contributed by atoms with Gasteiger partial charge < -0.3 is 10.5 Å². The third kappa shape index (κ3) is 4.67. The number of hydrogen-bond acceptors (Lipinski definition) is 3. The Kier molecular flexibility index (Phi) is 6.16. The topological polar surface area (TPSA) is 38.5 Å². The zero-order chi connectivity index (χ0) is 13.5. The number of hydrogen-bond donors (Lipinski definition) is 1. The Labute approximate surface area is 111 Å². The number of methoxy groups -OCH3 is 1. The highest BCUT2D eigenvalue weighted by molar-refractivity contribution is 5.49. The van der Waals surface area contributed by atoms with Gasteiger partial charge in [-0.25, -0.2) is 0 Å². The molecule has 0 aliphatic carbocycles. The van der Waals surface area contributed by atoms with Crippen molar-refractivity contribution < 1.29 is 4.74 Å². The molecule has 0 amide bonds. The summed E-state index contributed by atoms with van der Waals surface area (Å²) in [6.45, 7) is 10.3.